The monoisotopic (exact) mass is 353 g/mol. The Morgan fingerprint density at radius 2 is 2.10 bits per heavy atom. The molecule has 0 saturated heterocycles. The fourth-order valence-corrected chi connectivity index (χ4v) is 3.00. The highest BCUT2D eigenvalue weighted by Gasteiger charge is 2.07. The lowest BCUT2D eigenvalue weighted by atomic mass is 10.2. The Bertz CT molecular complexity index is 539. The Morgan fingerprint density at radius 1 is 1.30 bits per heavy atom. The van der Waals surface area contributed by atoms with E-state index >= 15 is 0 Å². The summed E-state index contributed by atoms with van der Waals surface area (Å²) < 4.78 is 6.08. The van der Waals surface area contributed by atoms with Crippen molar-refractivity contribution in [2.75, 3.05) is 20.3 Å². The first-order valence-electron chi connectivity index (χ1n) is 6.22. The molecule has 0 aliphatic carbocycles. The molecule has 4 nitrogen and oxygen atoms in total. The van der Waals surface area contributed by atoms with Crippen LogP contribution in [0.5, 0.6) is 0 Å². The molecule has 0 radical (unpaired) electrons. The molecular weight excluding hydrogens is 338 g/mol. The van der Waals surface area contributed by atoms with E-state index in [1.807, 2.05) is 12.1 Å². The van der Waals surface area contributed by atoms with Crippen molar-refractivity contribution in [2.24, 2.45) is 0 Å². The number of hydrogen-bond acceptors (Lipinski definition) is 5. The Hall–Kier alpha value is -0.950. The molecule has 1 aromatic heterocycles. The van der Waals surface area contributed by atoms with Crippen LogP contribution in [0.25, 0.3) is 0 Å². The first-order valence-corrected chi connectivity index (χ1v) is 7.83. The van der Waals surface area contributed by atoms with Crippen LogP contribution in [0.15, 0.2) is 51.2 Å². The predicted molar refractivity (Wildman–Crippen MR) is 83.9 cm³/mol. The zero-order valence-electron chi connectivity index (χ0n) is 11.2. The Labute approximate surface area is 131 Å². The highest BCUT2D eigenvalue weighted by Crippen LogP contribution is 2.30. The number of benzene rings is 1. The lowest BCUT2D eigenvalue weighted by molar-refractivity contribution is 0.199. The van der Waals surface area contributed by atoms with Gasteiger partial charge in [-0.1, -0.05) is 22.0 Å². The van der Waals surface area contributed by atoms with Gasteiger partial charge in [0.05, 0.1) is 6.61 Å². The molecule has 20 heavy (non-hydrogen) atoms. The van der Waals surface area contributed by atoms with Gasteiger partial charge in [-0.3, -0.25) is 0 Å². The summed E-state index contributed by atoms with van der Waals surface area (Å²) >= 11 is 5.08. The number of aromatic nitrogens is 2. The van der Waals surface area contributed by atoms with Crippen LogP contribution in [-0.4, -0.2) is 30.2 Å². The molecule has 0 aliphatic heterocycles. The number of halogens is 1. The minimum absolute atomic E-state index is 0.709. The van der Waals surface area contributed by atoms with Crippen molar-refractivity contribution in [3.8, 4) is 0 Å². The molecule has 106 valence electrons. The maximum Gasteiger partial charge on any atom is 0.192 e. The summed E-state index contributed by atoms with van der Waals surface area (Å²) in [6, 6.07) is 8.06. The normalized spacial score (nSPS) is 10.7. The van der Waals surface area contributed by atoms with Crippen molar-refractivity contribution in [3.05, 3.63) is 46.7 Å². The quantitative estimate of drug-likeness (QED) is 0.612. The summed E-state index contributed by atoms with van der Waals surface area (Å²) in [6.45, 7) is 2.34. The van der Waals surface area contributed by atoms with Crippen LogP contribution in [0.4, 0.5) is 0 Å². The highest BCUT2D eigenvalue weighted by molar-refractivity contribution is 9.10. The number of hydrogen-bond donors (Lipinski definition) is 1. The van der Waals surface area contributed by atoms with Crippen LogP contribution >= 0.6 is 27.7 Å². The summed E-state index contributed by atoms with van der Waals surface area (Å²) in [7, 11) is 1.70. The molecular formula is C14H16BrN3OS. The third-order valence-electron chi connectivity index (χ3n) is 2.57. The van der Waals surface area contributed by atoms with Gasteiger partial charge in [0.1, 0.15) is 0 Å². The van der Waals surface area contributed by atoms with Crippen LogP contribution in [0.1, 0.15) is 5.56 Å². The lowest BCUT2D eigenvalue weighted by Gasteiger charge is -2.10. The van der Waals surface area contributed by atoms with Crippen LogP contribution in [-0.2, 0) is 11.3 Å². The van der Waals surface area contributed by atoms with Crippen molar-refractivity contribution in [2.45, 2.75) is 16.6 Å². The molecule has 0 saturated carbocycles. The fourth-order valence-electron chi connectivity index (χ4n) is 1.60. The summed E-state index contributed by atoms with van der Waals surface area (Å²) in [5.41, 5.74) is 1.22. The molecule has 1 heterocycles. The number of methoxy groups -OCH3 is 1. The first-order chi connectivity index (χ1) is 9.79. The Balaban J connectivity index is 2.07. The SMILES string of the molecule is COCCNCc1ccc(Br)cc1Sc1ncccn1. The molecule has 0 atom stereocenters. The van der Waals surface area contributed by atoms with E-state index in [9.17, 15) is 0 Å². The largest absolute Gasteiger partial charge is 0.383 e. The van der Waals surface area contributed by atoms with Gasteiger partial charge in [-0.15, -0.1) is 0 Å². The summed E-state index contributed by atoms with van der Waals surface area (Å²) in [5.74, 6) is 0. The van der Waals surface area contributed by atoms with Crippen molar-refractivity contribution in [3.63, 3.8) is 0 Å². The van der Waals surface area contributed by atoms with Crippen LogP contribution in [0.3, 0.4) is 0 Å². The molecule has 2 aromatic rings. The van der Waals surface area contributed by atoms with Gasteiger partial charge in [0.2, 0.25) is 0 Å². The fraction of sp³-hybridized carbons (Fsp3) is 0.286. The van der Waals surface area contributed by atoms with E-state index in [1.165, 1.54) is 5.56 Å². The third kappa shape index (κ3) is 4.86. The predicted octanol–water partition coefficient (Wildman–Crippen LogP) is 3.13. The van der Waals surface area contributed by atoms with E-state index in [4.69, 9.17) is 4.74 Å². The summed E-state index contributed by atoms with van der Waals surface area (Å²) in [6.07, 6.45) is 3.51. The molecule has 0 fully saturated rings. The molecule has 2 rings (SSSR count). The van der Waals surface area contributed by atoms with Gasteiger partial charge in [-0.2, -0.15) is 0 Å². The van der Waals surface area contributed by atoms with Gasteiger partial charge < -0.3 is 10.1 Å². The molecule has 0 amide bonds. The summed E-state index contributed by atoms with van der Waals surface area (Å²) in [5, 5.41) is 4.11. The second kappa shape index (κ2) is 8.36. The molecule has 0 bridgehead atoms. The average molecular weight is 354 g/mol. The van der Waals surface area contributed by atoms with Crippen molar-refractivity contribution in [1.29, 1.82) is 0 Å². The van der Waals surface area contributed by atoms with Gasteiger partial charge in [-0.25, -0.2) is 9.97 Å². The second-order valence-electron chi connectivity index (χ2n) is 4.06. The molecule has 0 spiro atoms. The molecule has 0 aliphatic rings. The maximum absolute atomic E-state index is 5.03. The van der Waals surface area contributed by atoms with E-state index < -0.39 is 0 Å². The highest BCUT2D eigenvalue weighted by atomic mass is 79.9. The Morgan fingerprint density at radius 3 is 2.85 bits per heavy atom. The van der Waals surface area contributed by atoms with E-state index in [0.29, 0.717) is 6.61 Å². The van der Waals surface area contributed by atoms with E-state index in [2.05, 4.69) is 43.3 Å². The zero-order chi connectivity index (χ0) is 14.2. The van der Waals surface area contributed by atoms with Gasteiger partial charge in [0.15, 0.2) is 5.16 Å². The lowest BCUT2D eigenvalue weighted by Crippen LogP contribution is -2.18. The van der Waals surface area contributed by atoms with Gasteiger partial charge in [0.25, 0.3) is 0 Å². The standard InChI is InChI=1S/C14H16BrN3OS/c1-19-8-7-16-10-11-3-4-12(15)9-13(11)20-14-17-5-2-6-18-14/h2-6,9,16H,7-8,10H2,1H3. The van der Waals surface area contributed by atoms with E-state index in [-0.39, 0.29) is 0 Å². The minimum Gasteiger partial charge on any atom is -0.383 e. The number of nitrogens with zero attached hydrogens (tertiary/aromatic N) is 2. The first kappa shape index (κ1) is 15.4. The average Bonchev–Trinajstić information content (AvgIpc) is 2.47. The topological polar surface area (TPSA) is 47.0 Å². The van der Waals surface area contributed by atoms with Crippen molar-refractivity contribution < 1.29 is 4.74 Å². The van der Waals surface area contributed by atoms with Gasteiger partial charge >= 0.3 is 0 Å². The third-order valence-corrected chi connectivity index (χ3v) is 4.06. The van der Waals surface area contributed by atoms with Crippen molar-refractivity contribution in [1.82, 2.24) is 15.3 Å². The summed E-state index contributed by atoms with van der Waals surface area (Å²) in [4.78, 5) is 9.65. The van der Waals surface area contributed by atoms with Crippen LogP contribution in [0.2, 0.25) is 0 Å². The van der Waals surface area contributed by atoms with Gasteiger partial charge in [0, 0.05) is 42.0 Å². The maximum atomic E-state index is 5.03. The number of rotatable bonds is 7. The molecule has 1 aromatic carbocycles. The van der Waals surface area contributed by atoms with E-state index in [1.54, 1.807) is 31.3 Å². The zero-order valence-corrected chi connectivity index (χ0v) is 13.6. The second-order valence-corrected chi connectivity index (χ2v) is 5.98. The number of ether oxygens (including phenoxy) is 1. The molecule has 6 heteroatoms. The van der Waals surface area contributed by atoms with E-state index in [0.717, 1.165) is 27.6 Å². The minimum atomic E-state index is 0.709. The smallest absolute Gasteiger partial charge is 0.192 e. The van der Waals surface area contributed by atoms with Crippen LogP contribution in [0, 0.1) is 0 Å². The molecule has 0 unspecified atom stereocenters. The molecule has 1 N–H and O–H groups in total. The van der Waals surface area contributed by atoms with Crippen molar-refractivity contribution >= 4 is 27.7 Å². The Kier molecular flexibility index (Phi) is 6.46. The van der Waals surface area contributed by atoms with Crippen LogP contribution < -0.4 is 5.32 Å². The number of nitrogens with one attached hydrogen (secondary N) is 1. The van der Waals surface area contributed by atoms with Gasteiger partial charge in [-0.05, 0) is 35.5 Å².